The molecule has 0 atom stereocenters. The van der Waals surface area contributed by atoms with Gasteiger partial charge in [-0.3, -0.25) is 9.79 Å². The van der Waals surface area contributed by atoms with Crippen LogP contribution in [0.15, 0.2) is 95.1 Å². The van der Waals surface area contributed by atoms with Crippen molar-refractivity contribution < 1.29 is 19.1 Å². The summed E-state index contributed by atoms with van der Waals surface area (Å²) in [6.07, 6.45) is 8.43. The first-order chi connectivity index (χ1) is 20.1. The van der Waals surface area contributed by atoms with Crippen LogP contribution in [0.25, 0.3) is 5.57 Å². The minimum atomic E-state index is -0.525. The molecule has 2 amide bonds. The van der Waals surface area contributed by atoms with Crippen molar-refractivity contribution in [2.24, 2.45) is 9.98 Å². The number of anilines is 2. The molecule has 218 valence electrons. The number of aliphatic imine (C=N–C) groups is 2. The molecule has 9 heteroatoms. The molecule has 1 fully saturated rings. The molecule has 0 spiro atoms. The average molecular weight is 568 g/mol. The first-order valence-electron chi connectivity index (χ1n) is 13.7. The number of amides is 2. The lowest BCUT2D eigenvalue weighted by molar-refractivity contribution is -0.111. The Kier molecular flexibility index (Phi) is 9.42. The van der Waals surface area contributed by atoms with Gasteiger partial charge in [-0.15, -0.1) is 0 Å². The minimum absolute atomic E-state index is 0.286. The molecule has 1 N–H and O–H groups in total. The number of hydrogen-bond donors (Lipinski definition) is 1. The number of carbonyl (C=O) groups excluding carboxylic acids is 2. The van der Waals surface area contributed by atoms with Crippen LogP contribution in [0.5, 0.6) is 5.75 Å². The normalized spacial score (nSPS) is 17.1. The molecule has 0 radical (unpaired) electrons. The maximum Gasteiger partial charge on any atom is 0.410 e. The van der Waals surface area contributed by atoms with Crippen LogP contribution < -0.4 is 15.0 Å². The van der Waals surface area contributed by atoms with Crippen molar-refractivity contribution in [3.05, 3.63) is 90.7 Å². The molecule has 2 aliphatic rings. The number of nitrogens with one attached hydrogen (secondary N) is 1. The van der Waals surface area contributed by atoms with Gasteiger partial charge in [-0.1, -0.05) is 36.9 Å². The number of benzene rings is 2. The maximum absolute atomic E-state index is 12.5. The van der Waals surface area contributed by atoms with E-state index in [2.05, 4.69) is 28.5 Å². The third-order valence-corrected chi connectivity index (χ3v) is 6.62. The topological polar surface area (TPSA) is 95.8 Å². The predicted octanol–water partition coefficient (Wildman–Crippen LogP) is 6.19. The van der Waals surface area contributed by atoms with Gasteiger partial charge in [0, 0.05) is 61.0 Å². The average Bonchev–Trinajstić information content (AvgIpc) is 2.97. The Morgan fingerprint density at radius 3 is 2.50 bits per heavy atom. The number of allylic oxidation sites excluding steroid dienone is 5. The van der Waals surface area contributed by atoms with Crippen molar-refractivity contribution in [1.82, 2.24) is 4.90 Å². The molecule has 9 nitrogen and oxygen atoms in total. The summed E-state index contributed by atoms with van der Waals surface area (Å²) in [4.78, 5) is 37.3. The van der Waals surface area contributed by atoms with Gasteiger partial charge in [0.2, 0.25) is 5.91 Å². The van der Waals surface area contributed by atoms with E-state index in [1.54, 1.807) is 18.2 Å². The molecule has 2 aromatic carbocycles. The van der Waals surface area contributed by atoms with E-state index in [0.29, 0.717) is 49.0 Å². The van der Waals surface area contributed by atoms with E-state index in [4.69, 9.17) is 14.5 Å². The van der Waals surface area contributed by atoms with Crippen LogP contribution in [0.4, 0.5) is 21.9 Å². The summed E-state index contributed by atoms with van der Waals surface area (Å²) in [5, 5.41) is 2.81. The van der Waals surface area contributed by atoms with Gasteiger partial charge in [-0.2, -0.15) is 0 Å². The smallest absolute Gasteiger partial charge is 0.410 e. The van der Waals surface area contributed by atoms with Crippen molar-refractivity contribution in [3.8, 4) is 5.75 Å². The van der Waals surface area contributed by atoms with E-state index >= 15 is 0 Å². The summed E-state index contributed by atoms with van der Waals surface area (Å²) in [5.41, 5.74) is 4.95. The van der Waals surface area contributed by atoms with Crippen LogP contribution in [0.1, 0.15) is 26.3 Å². The second-order valence-corrected chi connectivity index (χ2v) is 10.8. The first kappa shape index (κ1) is 30.0. The number of nitrogens with zero attached hydrogens (tertiary/aromatic N) is 4. The van der Waals surface area contributed by atoms with Crippen molar-refractivity contribution >= 4 is 47.1 Å². The second-order valence-electron chi connectivity index (χ2n) is 10.8. The van der Waals surface area contributed by atoms with Gasteiger partial charge in [-0.25, -0.2) is 9.79 Å². The highest BCUT2D eigenvalue weighted by molar-refractivity contribution is 6.34. The number of piperazine rings is 1. The molecule has 1 saturated heterocycles. The number of rotatable bonds is 7. The fraction of sp³-hybridized carbons (Fsp3) is 0.273. The number of ether oxygens (including phenoxy) is 2. The third kappa shape index (κ3) is 7.42. The summed E-state index contributed by atoms with van der Waals surface area (Å²) < 4.78 is 11.3. The molecule has 2 aromatic rings. The molecule has 0 bridgehead atoms. The zero-order chi connectivity index (χ0) is 30.3. The Bertz CT molecular complexity index is 1490. The number of hydrogen-bond acceptors (Lipinski definition) is 7. The zero-order valence-electron chi connectivity index (χ0n) is 24.6. The van der Waals surface area contributed by atoms with Gasteiger partial charge < -0.3 is 24.6 Å². The van der Waals surface area contributed by atoms with Gasteiger partial charge in [-0.05, 0) is 63.4 Å². The van der Waals surface area contributed by atoms with E-state index in [1.165, 1.54) is 6.08 Å². The highest BCUT2D eigenvalue weighted by atomic mass is 16.6. The van der Waals surface area contributed by atoms with Crippen molar-refractivity contribution in [3.63, 3.8) is 0 Å². The highest BCUT2D eigenvalue weighted by Crippen LogP contribution is 2.36. The zero-order valence-corrected chi connectivity index (χ0v) is 24.6. The Labute approximate surface area is 247 Å². The van der Waals surface area contributed by atoms with Gasteiger partial charge in [0.15, 0.2) is 0 Å². The van der Waals surface area contributed by atoms with E-state index in [1.807, 2.05) is 81.5 Å². The van der Waals surface area contributed by atoms with Crippen LogP contribution in [-0.2, 0) is 9.53 Å². The van der Waals surface area contributed by atoms with Gasteiger partial charge in [0.1, 0.15) is 17.0 Å². The summed E-state index contributed by atoms with van der Waals surface area (Å²) in [6, 6.07) is 13.4. The summed E-state index contributed by atoms with van der Waals surface area (Å²) in [6.45, 7) is 15.2. The van der Waals surface area contributed by atoms with Gasteiger partial charge >= 0.3 is 6.09 Å². The summed E-state index contributed by atoms with van der Waals surface area (Å²) in [7, 11) is 1.62. The summed E-state index contributed by atoms with van der Waals surface area (Å²) >= 11 is 0. The lowest BCUT2D eigenvalue weighted by Crippen LogP contribution is -2.50. The molecule has 42 heavy (non-hydrogen) atoms. The molecule has 1 aliphatic carbocycles. The lowest BCUT2D eigenvalue weighted by atomic mass is 9.91. The van der Waals surface area contributed by atoms with E-state index in [-0.39, 0.29) is 12.0 Å². The standard InChI is InChI=1S/C33H37N5O4/c1-7-30(39)35-25-12-8-10-23(20-25)27-13-9-11-24(22-34-5)31(27)36-28-15-14-26(21-29(28)41-6)37-16-18-38(19-17-37)32(40)42-33(2,3)4/h7-15,20-22H,1,5,16-19H2,2-4,6H3,(H,35,39)/b24-22-,36-31?. The lowest BCUT2D eigenvalue weighted by Gasteiger charge is -2.36. The van der Waals surface area contributed by atoms with Gasteiger partial charge in [0.25, 0.3) is 0 Å². The Morgan fingerprint density at radius 2 is 1.83 bits per heavy atom. The molecule has 4 rings (SSSR count). The van der Waals surface area contributed by atoms with Gasteiger partial charge in [0.05, 0.1) is 12.8 Å². The van der Waals surface area contributed by atoms with E-state index in [0.717, 1.165) is 22.4 Å². The fourth-order valence-corrected chi connectivity index (χ4v) is 4.63. The maximum atomic E-state index is 12.5. The number of methoxy groups -OCH3 is 1. The largest absolute Gasteiger partial charge is 0.494 e. The van der Waals surface area contributed by atoms with Crippen LogP contribution in [0.2, 0.25) is 0 Å². The summed E-state index contributed by atoms with van der Waals surface area (Å²) in [5.74, 6) is 0.326. The van der Waals surface area contributed by atoms with Crippen LogP contribution in [0, 0.1) is 0 Å². The van der Waals surface area contributed by atoms with E-state index in [9.17, 15) is 9.59 Å². The fourth-order valence-electron chi connectivity index (χ4n) is 4.63. The van der Waals surface area contributed by atoms with Crippen molar-refractivity contribution in [2.75, 3.05) is 43.5 Å². The molecule has 1 aliphatic heterocycles. The van der Waals surface area contributed by atoms with Crippen LogP contribution in [-0.4, -0.2) is 68.2 Å². The molecule has 0 unspecified atom stereocenters. The van der Waals surface area contributed by atoms with Crippen molar-refractivity contribution in [2.45, 2.75) is 26.4 Å². The third-order valence-electron chi connectivity index (χ3n) is 6.62. The molecule has 0 saturated carbocycles. The molecule has 1 heterocycles. The SMILES string of the molecule is C=CC(=O)Nc1cccc(C2=CC=C/C(=C/N=C)C2=Nc2ccc(N3CCN(C(=O)OC(C)(C)C)CC3)cc2OC)c1. The molecular formula is C33H37N5O4. The van der Waals surface area contributed by atoms with Crippen LogP contribution >= 0.6 is 0 Å². The highest BCUT2D eigenvalue weighted by Gasteiger charge is 2.26. The van der Waals surface area contributed by atoms with Crippen molar-refractivity contribution in [1.29, 1.82) is 0 Å². The Hall–Kier alpha value is -4.92. The monoisotopic (exact) mass is 567 g/mol. The molecular weight excluding hydrogens is 530 g/mol. The second kappa shape index (κ2) is 13.2. The predicted molar refractivity (Wildman–Crippen MR) is 170 cm³/mol. The number of carbonyl (C=O) groups is 2. The molecule has 0 aromatic heterocycles. The Morgan fingerprint density at radius 1 is 1.07 bits per heavy atom. The Balaban J connectivity index is 1.61. The van der Waals surface area contributed by atoms with Crippen LogP contribution in [0.3, 0.4) is 0 Å². The van der Waals surface area contributed by atoms with E-state index < -0.39 is 5.60 Å². The quantitative estimate of drug-likeness (QED) is 0.318. The minimum Gasteiger partial charge on any atom is -0.494 e. The first-order valence-corrected chi connectivity index (χ1v) is 13.7.